The van der Waals surface area contributed by atoms with Crippen molar-refractivity contribution in [3.05, 3.63) is 30.0 Å². The van der Waals surface area contributed by atoms with E-state index in [4.69, 9.17) is 4.74 Å². The smallest absolute Gasteiger partial charge is 0.142 e. The minimum atomic E-state index is 0.903. The molecule has 1 aromatic heterocycles. The molecule has 2 rings (SSSR count). The highest BCUT2D eigenvalue weighted by atomic mass is 16.5. The van der Waals surface area contributed by atoms with Crippen molar-refractivity contribution >= 4 is 10.9 Å². The Bertz CT molecular complexity index is 403. The fourth-order valence-electron chi connectivity index (χ4n) is 1.44. The van der Waals surface area contributed by atoms with Gasteiger partial charge >= 0.3 is 0 Å². The molecule has 0 saturated carbocycles. The average molecular weight is 161 g/mol. The first-order chi connectivity index (χ1) is 5.83. The van der Waals surface area contributed by atoms with Gasteiger partial charge in [0, 0.05) is 11.6 Å². The molecule has 0 radical (unpaired) electrons. The molecule has 0 unspecified atom stereocenters. The van der Waals surface area contributed by atoms with Crippen molar-refractivity contribution in [3.8, 4) is 5.75 Å². The summed E-state index contributed by atoms with van der Waals surface area (Å²) in [4.78, 5) is 3.18. The van der Waals surface area contributed by atoms with Gasteiger partial charge in [-0.2, -0.15) is 0 Å². The van der Waals surface area contributed by atoms with E-state index in [1.165, 1.54) is 10.9 Å². The second kappa shape index (κ2) is 2.55. The molecular formula is C10H11NO. The van der Waals surface area contributed by atoms with Gasteiger partial charge in [-0.1, -0.05) is 12.1 Å². The first kappa shape index (κ1) is 7.22. The summed E-state index contributed by atoms with van der Waals surface area (Å²) in [6.45, 7) is 2.08. The second-order valence-corrected chi connectivity index (χ2v) is 2.85. The summed E-state index contributed by atoms with van der Waals surface area (Å²) < 4.78 is 5.21. The number of methoxy groups -OCH3 is 1. The minimum Gasteiger partial charge on any atom is -0.495 e. The van der Waals surface area contributed by atoms with Crippen LogP contribution in [0.1, 0.15) is 5.56 Å². The number of para-hydroxylation sites is 1. The molecule has 0 bridgehead atoms. The summed E-state index contributed by atoms with van der Waals surface area (Å²) in [7, 11) is 1.69. The lowest BCUT2D eigenvalue weighted by molar-refractivity contribution is 0.419. The van der Waals surface area contributed by atoms with Gasteiger partial charge in [0.2, 0.25) is 0 Å². The lowest BCUT2D eigenvalue weighted by Crippen LogP contribution is -1.82. The Morgan fingerprint density at radius 3 is 2.92 bits per heavy atom. The van der Waals surface area contributed by atoms with E-state index in [0.717, 1.165) is 11.3 Å². The SMILES string of the molecule is COc1cccc2c(C)c[nH]c12. The summed E-state index contributed by atoms with van der Waals surface area (Å²) >= 11 is 0. The van der Waals surface area contributed by atoms with Crippen LogP contribution in [-0.2, 0) is 0 Å². The largest absolute Gasteiger partial charge is 0.495 e. The van der Waals surface area contributed by atoms with Crippen molar-refractivity contribution in [1.29, 1.82) is 0 Å². The Hall–Kier alpha value is -1.44. The van der Waals surface area contributed by atoms with Crippen LogP contribution < -0.4 is 4.74 Å². The van der Waals surface area contributed by atoms with E-state index in [1.54, 1.807) is 7.11 Å². The highest BCUT2D eigenvalue weighted by Gasteiger charge is 2.03. The van der Waals surface area contributed by atoms with Gasteiger partial charge in [-0.15, -0.1) is 0 Å². The molecule has 12 heavy (non-hydrogen) atoms. The highest BCUT2D eigenvalue weighted by molar-refractivity contribution is 5.88. The molecule has 1 N–H and O–H groups in total. The lowest BCUT2D eigenvalue weighted by atomic mass is 10.2. The zero-order chi connectivity index (χ0) is 8.55. The number of aromatic nitrogens is 1. The monoisotopic (exact) mass is 161 g/mol. The van der Waals surface area contributed by atoms with Gasteiger partial charge in [-0.05, 0) is 18.6 Å². The molecule has 2 heteroatoms. The van der Waals surface area contributed by atoms with E-state index < -0.39 is 0 Å². The third-order valence-corrected chi connectivity index (χ3v) is 2.10. The van der Waals surface area contributed by atoms with E-state index in [-0.39, 0.29) is 0 Å². The number of benzene rings is 1. The van der Waals surface area contributed by atoms with Gasteiger partial charge in [-0.3, -0.25) is 0 Å². The number of H-pyrrole nitrogens is 1. The molecule has 0 aliphatic carbocycles. The number of hydrogen-bond acceptors (Lipinski definition) is 1. The number of fused-ring (bicyclic) bond motifs is 1. The second-order valence-electron chi connectivity index (χ2n) is 2.85. The van der Waals surface area contributed by atoms with Crippen LogP contribution in [0.25, 0.3) is 10.9 Å². The van der Waals surface area contributed by atoms with Crippen molar-refractivity contribution in [3.63, 3.8) is 0 Å². The maximum absolute atomic E-state index is 5.21. The van der Waals surface area contributed by atoms with Gasteiger partial charge in [0.05, 0.1) is 12.6 Å². The topological polar surface area (TPSA) is 25.0 Å². The van der Waals surface area contributed by atoms with Crippen LogP contribution >= 0.6 is 0 Å². The summed E-state index contributed by atoms with van der Waals surface area (Å²) in [6, 6.07) is 6.05. The Morgan fingerprint density at radius 2 is 2.17 bits per heavy atom. The Kier molecular flexibility index (Phi) is 1.54. The molecule has 0 atom stereocenters. The van der Waals surface area contributed by atoms with Crippen molar-refractivity contribution in [2.24, 2.45) is 0 Å². The molecule has 0 saturated heterocycles. The number of rotatable bonds is 1. The quantitative estimate of drug-likeness (QED) is 0.682. The van der Waals surface area contributed by atoms with Crippen LogP contribution in [0.5, 0.6) is 5.75 Å². The molecule has 62 valence electrons. The first-order valence-corrected chi connectivity index (χ1v) is 3.93. The van der Waals surface area contributed by atoms with Crippen molar-refractivity contribution in [1.82, 2.24) is 4.98 Å². The highest BCUT2D eigenvalue weighted by Crippen LogP contribution is 2.25. The summed E-state index contributed by atoms with van der Waals surface area (Å²) in [5.41, 5.74) is 2.33. The Balaban J connectivity index is 2.81. The van der Waals surface area contributed by atoms with Crippen molar-refractivity contribution in [2.45, 2.75) is 6.92 Å². The zero-order valence-electron chi connectivity index (χ0n) is 7.22. The number of ether oxygens (including phenoxy) is 1. The van der Waals surface area contributed by atoms with Gasteiger partial charge in [0.1, 0.15) is 5.75 Å². The molecule has 0 fully saturated rings. The molecular weight excluding hydrogens is 150 g/mol. The molecule has 0 spiro atoms. The van der Waals surface area contributed by atoms with E-state index in [2.05, 4.69) is 18.0 Å². The Morgan fingerprint density at radius 1 is 1.33 bits per heavy atom. The average Bonchev–Trinajstić information content (AvgIpc) is 2.48. The van der Waals surface area contributed by atoms with Crippen molar-refractivity contribution in [2.75, 3.05) is 7.11 Å². The Labute approximate surface area is 71.2 Å². The van der Waals surface area contributed by atoms with E-state index in [1.807, 2.05) is 18.3 Å². The van der Waals surface area contributed by atoms with Gasteiger partial charge in [-0.25, -0.2) is 0 Å². The van der Waals surface area contributed by atoms with E-state index in [9.17, 15) is 0 Å². The number of hydrogen-bond donors (Lipinski definition) is 1. The van der Waals surface area contributed by atoms with Crippen LogP contribution in [0, 0.1) is 6.92 Å². The van der Waals surface area contributed by atoms with E-state index >= 15 is 0 Å². The first-order valence-electron chi connectivity index (χ1n) is 3.93. The lowest BCUT2D eigenvalue weighted by Gasteiger charge is -2.00. The molecule has 1 aromatic carbocycles. The maximum Gasteiger partial charge on any atom is 0.142 e. The van der Waals surface area contributed by atoms with Gasteiger partial charge in [0.25, 0.3) is 0 Å². The summed E-state index contributed by atoms with van der Waals surface area (Å²) in [5.74, 6) is 0.903. The fraction of sp³-hybridized carbons (Fsp3) is 0.200. The molecule has 0 aliphatic rings. The van der Waals surface area contributed by atoms with Crippen LogP contribution in [0.15, 0.2) is 24.4 Å². The molecule has 0 amide bonds. The minimum absolute atomic E-state index is 0.903. The predicted octanol–water partition coefficient (Wildman–Crippen LogP) is 2.48. The van der Waals surface area contributed by atoms with Gasteiger partial charge in [0.15, 0.2) is 0 Å². The molecule has 0 aliphatic heterocycles. The standard InChI is InChI=1S/C10H11NO/c1-7-6-11-10-8(7)4-3-5-9(10)12-2/h3-6,11H,1-2H3. The molecule has 1 heterocycles. The fourth-order valence-corrected chi connectivity index (χ4v) is 1.44. The van der Waals surface area contributed by atoms with E-state index in [0.29, 0.717) is 0 Å². The number of aryl methyl sites for hydroxylation is 1. The van der Waals surface area contributed by atoms with Crippen LogP contribution in [0.3, 0.4) is 0 Å². The van der Waals surface area contributed by atoms with Crippen LogP contribution in [0.2, 0.25) is 0 Å². The summed E-state index contributed by atoms with van der Waals surface area (Å²) in [5, 5.41) is 1.23. The van der Waals surface area contributed by atoms with Crippen molar-refractivity contribution < 1.29 is 4.74 Å². The number of aromatic amines is 1. The zero-order valence-corrected chi connectivity index (χ0v) is 7.22. The third kappa shape index (κ3) is 0.881. The number of nitrogens with one attached hydrogen (secondary N) is 1. The van der Waals surface area contributed by atoms with Crippen LogP contribution in [0.4, 0.5) is 0 Å². The summed E-state index contributed by atoms with van der Waals surface area (Å²) in [6.07, 6.45) is 1.99. The predicted molar refractivity (Wildman–Crippen MR) is 49.6 cm³/mol. The molecule has 2 nitrogen and oxygen atoms in total. The third-order valence-electron chi connectivity index (χ3n) is 2.10. The maximum atomic E-state index is 5.21. The normalized spacial score (nSPS) is 10.5. The van der Waals surface area contributed by atoms with Crippen LogP contribution in [-0.4, -0.2) is 12.1 Å². The molecule has 2 aromatic rings. The van der Waals surface area contributed by atoms with Gasteiger partial charge < -0.3 is 9.72 Å².